The fourth-order valence-corrected chi connectivity index (χ4v) is 1.65. The average molecular weight is 290 g/mol. The van der Waals surface area contributed by atoms with Gasteiger partial charge in [0.25, 0.3) is 5.70 Å². The minimum Gasteiger partial charge on any atom is -0.489 e. The lowest BCUT2D eigenvalue weighted by Gasteiger charge is -2.09. The van der Waals surface area contributed by atoms with Gasteiger partial charge in [0, 0.05) is 6.20 Å². The van der Waals surface area contributed by atoms with Crippen molar-refractivity contribution in [1.82, 2.24) is 5.43 Å². The van der Waals surface area contributed by atoms with E-state index in [1.54, 1.807) is 6.07 Å². The van der Waals surface area contributed by atoms with Crippen molar-refractivity contribution in [3.8, 4) is 11.8 Å². The van der Waals surface area contributed by atoms with Crippen molar-refractivity contribution in [2.24, 2.45) is 0 Å². The second kappa shape index (κ2) is 7.98. The van der Waals surface area contributed by atoms with Gasteiger partial charge < -0.3 is 15.6 Å². The molecule has 108 valence electrons. The highest BCUT2D eigenvalue weighted by atomic mass is 16.5. The number of ether oxygens (including phenoxy) is 1. The van der Waals surface area contributed by atoms with E-state index in [1.165, 1.54) is 6.20 Å². The van der Waals surface area contributed by atoms with Gasteiger partial charge in [-0.15, -0.1) is 0 Å². The molecule has 0 amide bonds. The minimum atomic E-state index is -0.0182. The second-order valence-electron chi connectivity index (χ2n) is 4.32. The zero-order valence-corrected chi connectivity index (χ0v) is 11.8. The van der Waals surface area contributed by atoms with Crippen LogP contribution in [0.1, 0.15) is 5.56 Å². The molecule has 0 aliphatic rings. The van der Waals surface area contributed by atoms with E-state index in [2.05, 4.69) is 15.7 Å². The van der Waals surface area contributed by atoms with Crippen LogP contribution in [0, 0.1) is 17.9 Å². The maximum absolute atomic E-state index is 8.60. The molecule has 0 atom stereocenters. The number of hydrogen-bond donors (Lipinski definition) is 2. The first-order valence-electron chi connectivity index (χ1n) is 6.58. The summed E-state index contributed by atoms with van der Waals surface area (Å²) in [5.41, 5.74) is 7.45. The smallest absolute Gasteiger partial charge is 0.278 e. The van der Waals surface area contributed by atoms with E-state index < -0.39 is 0 Å². The molecule has 0 spiro atoms. The lowest BCUT2D eigenvalue weighted by Crippen LogP contribution is -2.14. The number of allylic oxidation sites excluding steroid dienone is 1. The van der Waals surface area contributed by atoms with E-state index in [0.29, 0.717) is 6.61 Å². The van der Waals surface area contributed by atoms with Crippen LogP contribution < -0.4 is 15.6 Å². The number of benzene rings is 2. The quantitative estimate of drug-likeness (QED) is 0.486. The van der Waals surface area contributed by atoms with Crippen LogP contribution in [-0.4, -0.2) is 0 Å². The summed E-state index contributed by atoms with van der Waals surface area (Å²) in [5, 5.41) is 8.60. The molecule has 0 bridgehead atoms. The topological polar surface area (TPSA) is 61.4 Å². The Labute approximate surface area is 129 Å². The molecule has 0 aliphatic carbocycles. The van der Waals surface area contributed by atoms with Gasteiger partial charge in [-0.2, -0.15) is 0 Å². The first kappa shape index (κ1) is 15.0. The van der Waals surface area contributed by atoms with Crippen LogP contribution in [0.3, 0.4) is 0 Å². The zero-order chi connectivity index (χ0) is 15.6. The highest BCUT2D eigenvalue weighted by Crippen LogP contribution is 2.16. The maximum atomic E-state index is 8.60. The van der Waals surface area contributed by atoms with Gasteiger partial charge in [0.05, 0.1) is 18.3 Å². The molecule has 0 aliphatic heterocycles. The molecule has 2 aromatic carbocycles. The van der Waals surface area contributed by atoms with Crippen molar-refractivity contribution >= 4 is 5.69 Å². The molecule has 22 heavy (non-hydrogen) atoms. The second-order valence-corrected chi connectivity index (χ2v) is 4.32. The highest BCUT2D eigenvalue weighted by molar-refractivity contribution is 5.46. The molecule has 0 fully saturated rings. The van der Waals surface area contributed by atoms with Crippen molar-refractivity contribution in [3.05, 3.63) is 83.5 Å². The summed E-state index contributed by atoms with van der Waals surface area (Å²) in [7, 11) is 0. The van der Waals surface area contributed by atoms with Crippen LogP contribution in [0.2, 0.25) is 0 Å². The molecule has 5 heteroatoms. The summed E-state index contributed by atoms with van der Waals surface area (Å²) in [4.78, 5) is 3.03. The third kappa shape index (κ3) is 4.59. The summed E-state index contributed by atoms with van der Waals surface area (Å²) < 4.78 is 5.68. The predicted molar refractivity (Wildman–Crippen MR) is 84.3 cm³/mol. The Morgan fingerprint density at radius 1 is 1.18 bits per heavy atom. The number of nitrogens with zero attached hydrogens (tertiary/aromatic N) is 2. The van der Waals surface area contributed by atoms with Gasteiger partial charge in [0.15, 0.2) is 0 Å². The van der Waals surface area contributed by atoms with E-state index in [1.807, 2.05) is 54.6 Å². The molecule has 2 aromatic rings. The summed E-state index contributed by atoms with van der Waals surface area (Å²) in [6.07, 6.45) is 1.31. The number of nitriles is 1. The predicted octanol–water partition coefficient (Wildman–Crippen LogP) is 3.47. The lowest BCUT2D eigenvalue weighted by atomic mass is 10.2. The Morgan fingerprint density at radius 2 is 1.91 bits per heavy atom. The van der Waals surface area contributed by atoms with E-state index in [0.717, 1.165) is 17.0 Å². The van der Waals surface area contributed by atoms with Gasteiger partial charge in [-0.3, -0.25) is 0 Å². The standard InChI is InChI=1S/C17H14N4O/c1-19-16(11-18)12-20-21-15-7-9-17(10-8-15)22-13-14-5-3-2-4-6-14/h2-10,12,20-21H,13H2/b16-12-. The number of rotatable bonds is 6. The van der Waals surface area contributed by atoms with Gasteiger partial charge in [0.2, 0.25) is 0 Å². The Morgan fingerprint density at radius 3 is 2.55 bits per heavy atom. The van der Waals surface area contributed by atoms with E-state index in [9.17, 15) is 0 Å². The number of hydrazine groups is 1. The normalized spacial score (nSPS) is 10.2. The van der Waals surface area contributed by atoms with Crippen LogP contribution in [0.5, 0.6) is 5.75 Å². The molecule has 2 rings (SSSR count). The molecule has 0 radical (unpaired) electrons. The Kier molecular flexibility index (Phi) is 5.43. The zero-order valence-electron chi connectivity index (χ0n) is 11.8. The molecule has 0 aromatic heterocycles. The molecule has 0 unspecified atom stereocenters. The van der Waals surface area contributed by atoms with Gasteiger partial charge in [-0.25, -0.2) is 10.1 Å². The SMILES string of the molecule is [C-]#[N+]/C(C#N)=C\NNc1ccc(OCc2ccccc2)cc1. The lowest BCUT2D eigenvalue weighted by molar-refractivity contribution is 0.306. The minimum absolute atomic E-state index is 0.0182. The molecule has 0 saturated heterocycles. The molecule has 2 N–H and O–H groups in total. The maximum Gasteiger partial charge on any atom is 0.278 e. The molecule has 0 saturated carbocycles. The van der Waals surface area contributed by atoms with Crippen LogP contribution in [0.25, 0.3) is 4.85 Å². The third-order valence-corrected chi connectivity index (χ3v) is 2.76. The van der Waals surface area contributed by atoms with Crippen LogP contribution in [0.4, 0.5) is 5.69 Å². The van der Waals surface area contributed by atoms with Gasteiger partial charge >= 0.3 is 0 Å². The monoisotopic (exact) mass is 290 g/mol. The van der Waals surface area contributed by atoms with Gasteiger partial charge in [-0.1, -0.05) is 30.3 Å². The summed E-state index contributed by atoms with van der Waals surface area (Å²) in [5.74, 6) is 0.767. The van der Waals surface area contributed by atoms with E-state index in [4.69, 9.17) is 16.6 Å². The van der Waals surface area contributed by atoms with Crippen molar-refractivity contribution in [2.75, 3.05) is 5.43 Å². The Hall–Kier alpha value is -3.44. The highest BCUT2D eigenvalue weighted by Gasteiger charge is 1.96. The van der Waals surface area contributed by atoms with Crippen molar-refractivity contribution < 1.29 is 4.74 Å². The molecular weight excluding hydrogens is 276 g/mol. The summed E-state index contributed by atoms with van der Waals surface area (Å²) in [6, 6.07) is 19.1. The largest absolute Gasteiger partial charge is 0.489 e. The fraction of sp³-hybridized carbons (Fsp3) is 0.0588. The molecule has 0 heterocycles. The summed E-state index contributed by atoms with van der Waals surface area (Å²) >= 11 is 0. The number of nitrogens with one attached hydrogen (secondary N) is 2. The van der Waals surface area contributed by atoms with Crippen molar-refractivity contribution in [1.29, 1.82) is 5.26 Å². The van der Waals surface area contributed by atoms with Crippen LogP contribution in [0.15, 0.2) is 66.5 Å². The van der Waals surface area contributed by atoms with E-state index >= 15 is 0 Å². The number of hydrogen-bond acceptors (Lipinski definition) is 4. The molecular formula is C17H14N4O. The van der Waals surface area contributed by atoms with E-state index in [-0.39, 0.29) is 5.70 Å². The summed E-state index contributed by atoms with van der Waals surface area (Å²) in [6.45, 7) is 7.26. The molecule has 5 nitrogen and oxygen atoms in total. The van der Waals surface area contributed by atoms with Crippen molar-refractivity contribution in [3.63, 3.8) is 0 Å². The van der Waals surface area contributed by atoms with Gasteiger partial charge in [0.1, 0.15) is 12.4 Å². The Balaban J connectivity index is 1.84. The van der Waals surface area contributed by atoms with Crippen molar-refractivity contribution in [2.45, 2.75) is 6.61 Å². The average Bonchev–Trinajstić information content (AvgIpc) is 2.59. The number of anilines is 1. The fourth-order valence-electron chi connectivity index (χ4n) is 1.65. The first-order chi connectivity index (χ1) is 10.8. The third-order valence-electron chi connectivity index (χ3n) is 2.76. The first-order valence-corrected chi connectivity index (χ1v) is 6.58. The van der Waals surface area contributed by atoms with Gasteiger partial charge in [-0.05, 0) is 29.8 Å². The van der Waals surface area contributed by atoms with Crippen LogP contribution >= 0.6 is 0 Å². The Bertz CT molecular complexity index is 693. The van der Waals surface area contributed by atoms with Crippen LogP contribution in [-0.2, 0) is 6.61 Å².